The van der Waals surface area contributed by atoms with E-state index in [-0.39, 0.29) is 11.9 Å². The van der Waals surface area contributed by atoms with Gasteiger partial charge in [0.15, 0.2) is 18.2 Å². The smallest absolute Gasteiger partial charge is 0.413 e. The summed E-state index contributed by atoms with van der Waals surface area (Å²) >= 11 is 0. The van der Waals surface area contributed by atoms with Gasteiger partial charge in [-0.15, -0.1) is 0 Å². The minimum absolute atomic E-state index is 0.0835. The Labute approximate surface area is 213 Å². The first-order valence-corrected chi connectivity index (χ1v) is 13.6. The minimum atomic E-state index is -4.22. The van der Waals surface area contributed by atoms with Crippen LogP contribution < -0.4 is 14.9 Å². The summed E-state index contributed by atoms with van der Waals surface area (Å²) in [6.45, 7) is 2.05. The molecule has 5 N–H and O–H groups in total. The first-order chi connectivity index (χ1) is 17.5. The number of carbonyl (C=O) groups is 1. The molecule has 1 aromatic carbocycles. The molecule has 1 amide bonds. The van der Waals surface area contributed by atoms with E-state index in [1.165, 1.54) is 0 Å². The summed E-state index contributed by atoms with van der Waals surface area (Å²) in [6.07, 6.45) is -2.65. The Morgan fingerprint density at radius 1 is 1.32 bits per heavy atom. The molecular formula is C23H33FN3O9P. The van der Waals surface area contributed by atoms with Gasteiger partial charge in [-0.1, -0.05) is 18.2 Å². The van der Waals surface area contributed by atoms with Crippen molar-refractivity contribution < 1.29 is 47.6 Å². The van der Waals surface area contributed by atoms with E-state index in [0.717, 1.165) is 43.4 Å². The molecule has 0 spiro atoms. The lowest BCUT2D eigenvalue weighted by atomic mass is 9.96. The third kappa shape index (κ3) is 6.50. The number of benzene rings is 1. The van der Waals surface area contributed by atoms with Crippen LogP contribution in [0.25, 0.3) is 0 Å². The molecule has 14 heteroatoms. The van der Waals surface area contributed by atoms with Crippen LogP contribution in [-0.2, 0) is 23.4 Å². The summed E-state index contributed by atoms with van der Waals surface area (Å²) in [7, 11) is -4.22. The monoisotopic (exact) mass is 545 g/mol. The zero-order chi connectivity index (χ0) is 26.8. The molecule has 12 nitrogen and oxygen atoms in total. The number of alkyl halides is 1. The maximum atomic E-state index is 15.5. The number of aliphatic hydroxyl groups is 3. The van der Waals surface area contributed by atoms with Crippen molar-refractivity contribution in [3.8, 4) is 5.75 Å². The normalized spacial score (nSPS) is 33.4. The first kappa shape index (κ1) is 27.9. The van der Waals surface area contributed by atoms with Crippen LogP contribution in [0.15, 0.2) is 42.6 Å². The zero-order valence-electron chi connectivity index (χ0n) is 20.5. The number of ether oxygens (including phenoxy) is 2. The van der Waals surface area contributed by atoms with Gasteiger partial charge in [-0.25, -0.2) is 14.0 Å². The zero-order valence-corrected chi connectivity index (χ0v) is 21.4. The third-order valence-corrected chi connectivity index (χ3v) is 8.15. The molecule has 37 heavy (non-hydrogen) atoms. The summed E-state index contributed by atoms with van der Waals surface area (Å²) in [6, 6.07) is 7.30. The molecule has 4 rings (SSSR count). The highest BCUT2D eigenvalue weighted by Crippen LogP contribution is 2.47. The maximum Gasteiger partial charge on any atom is 0.459 e. The fraction of sp³-hybridized carbons (Fsp3) is 0.609. The molecular weight excluding hydrogens is 512 g/mol. The minimum Gasteiger partial charge on any atom is -0.413 e. The van der Waals surface area contributed by atoms with E-state index in [1.54, 1.807) is 37.3 Å². The van der Waals surface area contributed by atoms with Gasteiger partial charge in [-0.05, 0) is 45.2 Å². The summed E-state index contributed by atoms with van der Waals surface area (Å²) in [5.74, 6) is -0.372. The summed E-state index contributed by atoms with van der Waals surface area (Å²) < 4.78 is 51.6. The second-order valence-corrected chi connectivity index (χ2v) is 11.2. The largest absolute Gasteiger partial charge is 0.459 e. The molecule has 206 valence electrons. The molecule has 0 aromatic heterocycles. The lowest BCUT2D eigenvalue weighted by Crippen LogP contribution is -2.58. The second kappa shape index (κ2) is 11.3. The molecule has 8 atom stereocenters. The number of hydrogen-bond acceptors (Lipinski definition) is 10. The Morgan fingerprint density at radius 3 is 2.65 bits per heavy atom. The lowest BCUT2D eigenvalue weighted by molar-refractivity contribution is -0.166. The van der Waals surface area contributed by atoms with Crippen LogP contribution in [0.3, 0.4) is 0 Å². The number of amides is 1. The summed E-state index contributed by atoms with van der Waals surface area (Å²) in [5, 5.41) is 36.0. The van der Waals surface area contributed by atoms with Crippen molar-refractivity contribution in [2.75, 3.05) is 6.61 Å². The predicted octanol–water partition coefficient (Wildman–Crippen LogP) is 1.09. The van der Waals surface area contributed by atoms with Gasteiger partial charge in [0.25, 0.3) is 0 Å². The predicted molar refractivity (Wildman–Crippen MR) is 127 cm³/mol. The van der Waals surface area contributed by atoms with Crippen LogP contribution >= 0.6 is 7.75 Å². The molecule has 1 saturated carbocycles. The van der Waals surface area contributed by atoms with Crippen molar-refractivity contribution in [1.29, 1.82) is 0 Å². The standard InChI is InChI=1S/C23H33FN3O9P/c1-14(20(30)34-15-9-6-10-15)26-37(32,36-16-7-4-3-5-8-16)33-13-17-19(29)23(2,24)21(35-17)27-12-11-18(28)25-22(27)31/h3-5,7-8,11-12,14-15,17,19-22,29-31H,6,9-10,13H2,1-2H3,(H,25,28)(H,26,32)/t14-,17?,19+,20?,21+,22?,23+,37-/m0/s1. The Bertz CT molecular complexity index is 1010. The van der Waals surface area contributed by atoms with Crippen molar-refractivity contribution in [2.24, 2.45) is 0 Å². The highest BCUT2D eigenvalue weighted by molar-refractivity contribution is 7.52. The molecule has 1 aliphatic carbocycles. The second-order valence-electron chi connectivity index (χ2n) is 9.46. The molecule has 1 aromatic rings. The van der Waals surface area contributed by atoms with Gasteiger partial charge in [0, 0.05) is 12.3 Å². The SMILES string of the molecule is C[C@H](N[P@](=O)(OCC1O[C@@H](N2C=CC(=O)NC2O)[C@](C)(F)[C@@H]1O)Oc1ccccc1)C(O)OC1CCC1. The molecule has 0 bridgehead atoms. The van der Waals surface area contributed by atoms with Crippen molar-refractivity contribution in [3.05, 3.63) is 42.6 Å². The van der Waals surface area contributed by atoms with Crippen LogP contribution in [0.5, 0.6) is 5.75 Å². The number of rotatable bonds is 11. The maximum absolute atomic E-state index is 15.5. The van der Waals surface area contributed by atoms with E-state index in [9.17, 15) is 24.7 Å². The van der Waals surface area contributed by atoms with Crippen molar-refractivity contribution in [2.45, 2.75) is 82.0 Å². The van der Waals surface area contributed by atoms with Gasteiger partial charge in [0.1, 0.15) is 18.0 Å². The van der Waals surface area contributed by atoms with Crippen LogP contribution in [0.4, 0.5) is 4.39 Å². The average molecular weight is 546 g/mol. The number of hydrogen-bond donors (Lipinski definition) is 5. The molecule has 2 aliphatic heterocycles. The molecule has 3 unspecified atom stereocenters. The average Bonchev–Trinajstić information content (AvgIpc) is 3.04. The Kier molecular flexibility index (Phi) is 8.56. The van der Waals surface area contributed by atoms with E-state index < -0.39 is 63.0 Å². The number of nitrogens with one attached hydrogen (secondary N) is 2. The highest BCUT2D eigenvalue weighted by atomic mass is 31.2. The van der Waals surface area contributed by atoms with Crippen LogP contribution in [0, 0.1) is 0 Å². The van der Waals surface area contributed by atoms with E-state index >= 15 is 4.39 Å². The lowest BCUT2D eigenvalue weighted by Gasteiger charge is -2.37. The number of halogens is 1. The number of nitrogens with zero attached hydrogens (tertiary/aromatic N) is 1. The number of para-hydroxylation sites is 1. The van der Waals surface area contributed by atoms with Crippen molar-refractivity contribution in [1.82, 2.24) is 15.3 Å². The van der Waals surface area contributed by atoms with Gasteiger partial charge in [-0.2, -0.15) is 0 Å². The van der Waals surface area contributed by atoms with Gasteiger partial charge >= 0.3 is 7.75 Å². The van der Waals surface area contributed by atoms with Crippen molar-refractivity contribution in [3.63, 3.8) is 0 Å². The van der Waals surface area contributed by atoms with Gasteiger partial charge in [0.2, 0.25) is 12.3 Å². The third-order valence-electron chi connectivity index (χ3n) is 6.49. The quantitative estimate of drug-likeness (QED) is 0.200. The van der Waals surface area contributed by atoms with Crippen LogP contribution in [0.2, 0.25) is 0 Å². The molecule has 2 heterocycles. The van der Waals surface area contributed by atoms with Crippen LogP contribution in [-0.4, -0.2) is 81.6 Å². The fourth-order valence-corrected chi connectivity index (χ4v) is 5.63. The van der Waals surface area contributed by atoms with Gasteiger partial charge in [0.05, 0.1) is 18.8 Å². The number of carbonyl (C=O) groups excluding carboxylic acids is 1. The molecule has 0 radical (unpaired) electrons. The van der Waals surface area contributed by atoms with E-state index in [2.05, 4.69) is 10.4 Å². The van der Waals surface area contributed by atoms with Gasteiger partial charge in [-0.3, -0.25) is 9.32 Å². The van der Waals surface area contributed by atoms with Crippen LogP contribution in [0.1, 0.15) is 33.1 Å². The molecule has 2 fully saturated rings. The fourth-order valence-electron chi connectivity index (χ4n) is 4.08. The Hall–Kier alpha value is -2.09. The highest BCUT2D eigenvalue weighted by Gasteiger charge is 2.57. The van der Waals surface area contributed by atoms with E-state index in [0.29, 0.717) is 0 Å². The van der Waals surface area contributed by atoms with E-state index in [1.807, 2.05) is 0 Å². The summed E-state index contributed by atoms with van der Waals surface area (Å²) in [4.78, 5) is 12.4. The van der Waals surface area contributed by atoms with Gasteiger partial charge < -0.3 is 39.5 Å². The molecule has 1 saturated heterocycles. The number of aliphatic hydroxyl groups excluding tert-OH is 3. The topological polar surface area (TPSA) is 159 Å². The summed E-state index contributed by atoms with van der Waals surface area (Å²) in [5.41, 5.74) is -2.40. The molecule has 3 aliphatic rings. The first-order valence-electron chi connectivity index (χ1n) is 12.1. The Morgan fingerprint density at radius 2 is 2.03 bits per heavy atom. The Balaban J connectivity index is 1.45. The van der Waals surface area contributed by atoms with Crippen molar-refractivity contribution >= 4 is 13.7 Å². The van der Waals surface area contributed by atoms with E-state index in [4.69, 9.17) is 18.5 Å².